The van der Waals surface area contributed by atoms with E-state index in [0.717, 1.165) is 25.1 Å². The number of amides is 2. The van der Waals surface area contributed by atoms with Crippen LogP contribution in [0.4, 0.5) is 4.79 Å². The first-order chi connectivity index (χ1) is 12.7. The van der Waals surface area contributed by atoms with Crippen LogP contribution in [-0.4, -0.2) is 65.4 Å². The van der Waals surface area contributed by atoms with Crippen LogP contribution in [0, 0.1) is 0 Å². The van der Waals surface area contributed by atoms with E-state index in [9.17, 15) is 9.59 Å². The number of likely N-dealkylation sites (N-methyl/N-ethyl adjacent to an activating group) is 1. The van der Waals surface area contributed by atoms with E-state index in [-0.39, 0.29) is 5.91 Å². The predicted octanol–water partition coefficient (Wildman–Crippen LogP) is 1.29. The molecule has 8 heteroatoms. The molecule has 2 amide bonds. The Morgan fingerprint density at radius 2 is 2.11 bits per heavy atom. The van der Waals surface area contributed by atoms with Crippen LogP contribution in [0.15, 0.2) is 30.1 Å². The Morgan fingerprint density at radius 1 is 1.33 bits per heavy atom. The molecule has 2 heterocycles. The third-order valence-electron chi connectivity index (χ3n) is 4.09. The Hall–Kier alpha value is -2.48. The highest BCUT2D eigenvalue weighted by Crippen LogP contribution is 2.10. The van der Waals surface area contributed by atoms with Crippen LogP contribution >= 0.6 is 0 Å². The number of rotatable bonds is 6. The number of ether oxygens (including phenoxy) is 1. The van der Waals surface area contributed by atoms with Crippen molar-refractivity contribution < 1.29 is 14.3 Å². The third-order valence-corrected chi connectivity index (χ3v) is 4.09. The Bertz CT molecular complexity index is 670. The van der Waals surface area contributed by atoms with E-state index in [4.69, 9.17) is 4.74 Å². The summed E-state index contributed by atoms with van der Waals surface area (Å²) in [4.78, 5) is 27.1. The molecule has 1 unspecified atom stereocenters. The molecular weight excluding hydrogens is 346 g/mol. The highest BCUT2D eigenvalue weighted by molar-refractivity contribution is 5.86. The molecule has 2 rings (SSSR count). The van der Waals surface area contributed by atoms with Gasteiger partial charge in [0.15, 0.2) is 0 Å². The summed E-state index contributed by atoms with van der Waals surface area (Å²) in [6.45, 7) is 7.67. The Kier molecular flexibility index (Phi) is 7.29. The van der Waals surface area contributed by atoms with E-state index >= 15 is 0 Å². The van der Waals surface area contributed by atoms with Crippen molar-refractivity contribution in [2.24, 2.45) is 0 Å². The van der Waals surface area contributed by atoms with Crippen LogP contribution < -0.4 is 10.6 Å². The van der Waals surface area contributed by atoms with Gasteiger partial charge in [0.25, 0.3) is 0 Å². The summed E-state index contributed by atoms with van der Waals surface area (Å²) in [6, 6.07) is 1.01. The first-order valence-electron chi connectivity index (χ1n) is 9.12. The largest absolute Gasteiger partial charge is 0.444 e. The molecule has 0 aromatic carbocycles. The van der Waals surface area contributed by atoms with E-state index in [2.05, 4.69) is 38.9 Å². The quantitative estimate of drug-likeness (QED) is 0.728. The van der Waals surface area contributed by atoms with Crippen molar-refractivity contribution >= 4 is 12.0 Å². The number of hydrogen-bond acceptors (Lipinski definition) is 6. The summed E-state index contributed by atoms with van der Waals surface area (Å²) in [5.41, 5.74) is 1.37. The van der Waals surface area contributed by atoms with Gasteiger partial charge in [-0.15, -0.1) is 0 Å². The van der Waals surface area contributed by atoms with E-state index in [0.29, 0.717) is 13.0 Å². The lowest BCUT2D eigenvalue weighted by atomic mass is 10.1. The van der Waals surface area contributed by atoms with Crippen molar-refractivity contribution in [2.45, 2.75) is 45.3 Å². The van der Waals surface area contributed by atoms with Crippen LogP contribution in [0.3, 0.4) is 0 Å². The van der Waals surface area contributed by atoms with Gasteiger partial charge in [0.2, 0.25) is 5.91 Å². The fourth-order valence-electron chi connectivity index (χ4n) is 2.63. The van der Waals surface area contributed by atoms with Crippen molar-refractivity contribution in [2.75, 3.05) is 26.7 Å². The summed E-state index contributed by atoms with van der Waals surface area (Å²) in [7, 11) is 2.06. The van der Waals surface area contributed by atoms with E-state index in [1.165, 1.54) is 5.57 Å². The molecule has 148 valence electrons. The SMILES string of the molecule is CN1CC=C(CNC(=O)C(Cc2ccnnc2)NC(=O)OC(C)(C)C)CC1. The minimum absolute atomic E-state index is 0.252. The molecule has 1 aliphatic rings. The molecule has 0 radical (unpaired) electrons. The highest BCUT2D eigenvalue weighted by atomic mass is 16.6. The fourth-order valence-corrected chi connectivity index (χ4v) is 2.63. The van der Waals surface area contributed by atoms with E-state index in [1.807, 2.05) is 0 Å². The first-order valence-corrected chi connectivity index (χ1v) is 9.12. The number of alkyl carbamates (subject to hydrolysis) is 1. The molecule has 2 N–H and O–H groups in total. The maximum Gasteiger partial charge on any atom is 0.408 e. The summed E-state index contributed by atoms with van der Waals surface area (Å²) in [5.74, 6) is -0.252. The minimum atomic E-state index is -0.754. The fraction of sp³-hybridized carbons (Fsp3) is 0.579. The molecule has 1 aromatic rings. The van der Waals surface area contributed by atoms with Gasteiger partial charge >= 0.3 is 6.09 Å². The highest BCUT2D eigenvalue weighted by Gasteiger charge is 2.25. The Morgan fingerprint density at radius 3 is 2.70 bits per heavy atom. The minimum Gasteiger partial charge on any atom is -0.444 e. The molecular formula is C19H29N5O3. The molecule has 1 aliphatic heterocycles. The second kappa shape index (κ2) is 9.45. The lowest BCUT2D eigenvalue weighted by molar-refractivity contribution is -0.123. The van der Waals surface area contributed by atoms with Gasteiger partial charge in [0.05, 0.1) is 6.20 Å². The zero-order valence-electron chi connectivity index (χ0n) is 16.5. The summed E-state index contributed by atoms with van der Waals surface area (Å²) in [5, 5.41) is 13.2. The zero-order chi connectivity index (χ0) is 19.9. The van der Waals surface area contributed by atoms with Crippen molar-refractivity contribution in [3.05, 3.63) is 35.7 Å². The van der Waals surface area contributed by atoms with Gasteiger partial charge in [0.1, 0.15) is 11.6 Å². The Balaban J connectivity index is 1.99. The maximum atomic E-state index is 12.7. The zero-order valence-corrected chi connectivity index (χ0v) is 16.5. The van der Waals surface area contributed by atoms with Crippen LogP contribution in [0.2, 0.25) is 0 Å². The standard InChI is InChI=1S/C19H29N5O3/c1-19(2,3)27-18(26)23-16(11-15-5-8-21-22-13-15)17(25)20-12-14-6-9-24(4)10-7-14/h5-6,8,13,16H,7,9-12H2,1-4H3,(H,20,25)(H,23,26). The lowest BCUT2D eigenvalue weighted by Crippen LogP contribution is -2.49. The van der Waals surface area contributed by atoms with Gasteiger partial charge in [-0.25, -0.2) is 4.79 Å². The van der Waals surface area contributed by atoms with Crippen LogP contribution in [0.5, 0.6) is 0 Å². The number of carbonyl (C=O) groups is 2. The first kappa shape index (κ1) is 20.8. The van der Waals surface area contributed by atoms with Crippen LogP contribution in [-0.2, 0) is 16.0 Å². The molecule has 0 saturated carbocycles. The molecule has 0 spiro atoms. The maximum absolute atomic E-state index is 12.7. The number of carbonyl (C=O) groups excluding carboxylic acids is 2. The van der Waals surface area contributed by atoms with Gasteiger partial charge < -0.3 is 20.3 Å². The van der Waals surface area contributed by atoms with Gasteiger partial charge in [-0.3, -0.25) is 4.79 Å². The number of aromatic nitrogens is 2. The van der Waals surface area contributed by atoms with Gasteiger partial charge in [-0.05, 0) is 45.9 Å². The average molecular weight is 375 g/mol. The summed E-state index contributed by atoms with van der Waals surface area (Å²) < 4.78 is 5.29. The molecule has 1 aromatic heterocycles. The van der Waals surface area contributed by atoms with E-state index in [1.54, 1.807) is 39.2 Å². The molecule has 0 bridgehead atoms. The van der Waals surface area contributed by atoms with Gasteiger partial charge in [-0.2, -0.15) is 10.2 Å². The number of hydrogen-bond donors (Lipinski definition) is 2. The van der Waals surface area contributed by atoms with Gasteiger partial charge in [0, 0.05) is 32.3 Å². The topological polar surface area (TPSA) is 96.5 Å². The van der Waals surface area contributed by atoms with Crippen molar-refractivity contribution in [3.8, 4) is 0 Å². The summed E-state index contributed by atoms with van der Waals surface area (Å²) >= 11 is 0. The summed E-state index contributed by atoms with van der Waals surface area (Å²) in [6.07, 6.45) is 5.88. The van der Waals surface area contributed by atoms with Crippen molar-refractivity contribution in [1.82, 2.24) is 25.7 Å². The molecule has 0 fully saturated rings. The smallest absolute Gasteiger partial charge is 0.408 e. The molecule has 8 nitrogen and oxygen atoms in total. The van der Waals surface area contributed by atoms with E-state index < -0.39 is 17.7 Å². The molecule has 0 saturated heterocycles. The normalized spacial score (nSPS) is 16.2. The monoisotopic (exact) mass is 375 g/mol. The molecule has 1 atom stereocenters. The lowest BCUT2D eigenvalue weighted by Gasteiger charge is -2.25. The molecule has 0 aliphatic carbocycles. The second-order valence-electron chi connectivity index (χ2n) is 7.75. The van der Waals surface area contributed by atoms with Gasteiger partial charge in [-0.1, -0.05) is 11.6 Å². The van der Waals surface area contributed by atoms with Crippen molar-refractivity contribution in [1.29, 1.82) is 0 Å². The predicted molar refractivity (Wildman–Crippen MR) is 102 cm³/mol. The van der Waals surface area contributed by atoms with Crippen LogP contribution in [0.25, 0.3) is 0 Å². The third kappa shape index (κ3) is 7.74. The van der Waals surface area contributed by atoms with Crippen molar-refractivity contribution in [3.63, 3.8) is 0 Å². The second-order valence-corrected chi connectivity index (χ2v) is 7.75. The molecule has 27 heavy (non-hydrogen) atoms. The average Bonchev–Trinajstić information content (AvgIpc) is 2.59. The number of nitrogens with one attached hydrogen (secondary N) is 2. The Labute approximate surface area is 160 Å². The van der Waals surface area contributed by atoms with Crippen LogP contribution in [0.1, 0.15) is 32.8 Å². The number of nitrogens with zero attached hydrogens (tertiary/aromatic N) is 3.